The molecule has 0 unspecified atom stereocenters. The van der Waals surface area contributed by atoms with Crippen LogP contribution in [0.4, 0.5) is 0 Å². The second-order valence-electron chi connectivity index (χ2n) is 8.60. The Hall–Kier alpha value is -3.10. The van der Waals surface area contributed by atoms with Gasteiger partial charge in [0.2, 0.25) is 5.91 Å². The number of amides is 1. The number of hydrogen-bond acceptors (Lipinski definition) is 4. The molecule has 0 spiro atoms. The van der Waals surface area contributed by atoms with Gasteiger partial charge >= 0.3 is 0 Å². The van der Waals surface area contributed by atoms with Gasteiger partial charge in [-0.3, -0.25) is 9.69 Å². The van der Waals surface area contributed by atoms with Gasteiger partial charge in [0.15, 0.2) is 0 Å². The molecule has 0 aromatic heterocycles. The van der Waals surface area contributed by atoms with Gasteiger partial charge in [0.05, 0.1) is 17.6 Å². The predicted molar refractivity (Wildman–Crippen MR) is 122 cm³/mol. The van der Waals surface area contributed by atoms with Crippen LogP contribution >= 0.6 is 0 Å². The van der Waals surface area contributed by atoms with Gasteiger partial charge < -0.3 is 10.1 Å². The van der Waals surface area contributed by atoms with Crippen LogP contribution in [0.25, 0.3) is 5.57 Å². The molecule has 1 saturated heterocycles. The number of hydrogen-bond donors (Lipinski definition) is 1. The molecule has 160 valence electrons. The van der Waals surface area contributed by atoms with Crippen molar-refractivity contribution in [2.45, 2.75) is 33.3 Å². The molecule has 2 aliphatic rings. The number of carbonyl (C=O) groups is 1. The quantitative estimate of drug-likeness (QED) is 0.778. The summed E-state index contributed by atoms with van der Waals surface area (Å²) in [5.74, 6) is 1.16. The highest BCUT2D eigenvalue weighted by Crippen LogP contribution is 2.34. The van der Waals surface area contributed by atoms with Crippen molar-refractivity contribution in [3.63, 3.8) is 0 Å². The number of nitrogens with zero attached hydrogens (tertiary/aromatic N) is 2. The Morgan fingerprint density at radius 2 is 2.00 bits per heavy atom. The van der Waals surface area contributed by atoms with E-state index < -0.39 is 0 Å². The summed E-state index contributed by atoms with van der Waals surface area (Å²) in [7, 11) is 1.71. The van der Waals surface area contributed by atoms with Gasteiger partial charge in [-0.1, -0.05) is 23.8 Å². The average molecular weight is 416 g/mol. The number of nitriles is 1. The third-order valence-electron chi connectivity index (χ3n) is 6.52. The molecule has 5 nitrogen and oxygen atoms in total. The summed E-state index contributed by atoms with van der Waals surface area (Å²) >= 11 is 0. The summed E-state index contributed by atoms with van der Waals surface area (Å²) in [5, 5.41) is 12.0. The molecule has 2 aromatic rings. The Labute approximate surface area is 184 Å². The van der Waals surface area contributed by atoms with Crippen LogP contribution in [0.15, 0.2) is 42.0 Å². The van der Waals surface area contributed by atoms with E-state index in [0.717, 1.165) is 49.4 Å². The maximum atomic E-state index is 11.7. The van der Waals surface area contributed by atoms with Crippen LogP contribution < -0.4 is 10.1 Å². The number of rotatable bonds is 6. The van der Waals surface area contributed by atoms with E-state index >= 15 is 0 Å². The van der Waals surface area contributed by atoms with Crippen LogP contribution in [0.1, 0.15) is 41.2 Å². The summed E-state index contributed by atoms with van der Waals surface area (Å²) in [6, 6.07) is 14.5. The number of likely N-dealkylation sites (tertiary alicyclic amines) is 1. The topological polar surface area (TPSA) is 65.4 Å². The van der Waals surface area contributed by atoms with Crippen molar-refractivity contribution in [3.05, 3.63) is 69.8 Å². The molecule has 1 aliphatic carbocycles. The summed E-state index contributed by atoms with van der Waals surface area (Å²) in [5.41, 5.74) is 8.15. The first-order valence-corrected chi connectivity index (χ1v) is 10.9. The Balaban J connectivity index is 1.40. The van der Waals surface area contributed by atoms with E-state index in [9.17, 15) is 10.1 Å². The molecule has 0 radical (unpaired) electrons. The van der Waals surface area contributed by atoms with E-state index in [4.69, 9.17) is 4.74 Å². The summed E-state index contributed by atoms with van der Waals surface area (Å²) in [6.45, 7) is 7.25. The van der Waals surface area contributed by atoms with Crippen molar-refractivity contribution < 1.29 is 9.53 Å². The number of ether oxygens (including phenoxy) is 1. The van der Waals surface area contributed by atoms with E-state index in [-0.39, 0.29) is 11.8 Å². The molecule has 1 fully saturated rings. The average Bonchev–Trinajstić information content (AvgIpc) is 2.76. The highest BCUT2D eigenvalue weighted by atomic mass is 16.5. The maximum Gasteiger partial charge on any atom is 0.225 e. The van der Waals surface area contributed by atoms with Crippen molar-refractivity contribution >= 4 is 11.5 Å². The van der Waals surface area contributed by atoms with Gasteiger partial charge in [-0.15, -0.1) is 0 Å². The van der Waals surface area contributed by atoms with Crippen LogP contribution in [-0.2, 0) is 17.8 Å². The minimum atomic E-state index is 0.138. The van der Waals surface area contributed by atoms with Crippen molar-refractivity contribution in [1.29, 1.82) is 5.26 Å². The van der Waals surface area contributed by atoms with Gasteiger partial charge in [0.25, 0.3) is 0 Å². The minimum absolute atomic E-state index is 0.138. The van der Waals surface area contributed by atoms with Crippen molar-refractivity contribution in [2.24, 2.45) is 5.92 Å². The van der Waals surface area contributed by atoms with E-state index in [1.165, 1.54) is 22.3 Å². The van der Waals surface area contributed by atoms with Gasteiger partial charge in [0, 0.05) is 26.7 Å². The lowest BCUT2D eigenvalue weighted by molar-refractivity contribution is -0.129. The molecule has 1 N–H and O–H groups in total. The van der Waals surface area contributed by atoms with E-state index in [2.05, 4.69) is 35.3 Å². The molecule has 1 heterocycles. The highest BCUT2D eigenvalue weighted by Gasteiger charge is 2.32. The largest absolute Gasteiger partial charge is 0.489 e. The molecule has 0 bridgehead atoms. The van der Waals surface area contributed by atoms with Crippen LogP contribution in [0.3, 0.4) is 0 Å². The van der Waals surface area contributed by atoms with Crippen LogP contribution in [-0.4, -0.2) is 37.5 Å². The number of carbonyl (C=O) groups excluding carboxylic acids is 1. The van der Waals surface area contributed by atoms with Crippen LogP contribution in [0.5, 0.6) is 5.75 Å². The van der Waals surface area contributed by atoms with Gasteiger partial charge in [-0.25, -0.2) is 0 Å². The minimum Gasteiger partial charge on any atom is -0.489 e. The van der Waals surface area contributed by atoms with Gasteiger partial charge in [-0.05, 0) is 72.7 Å². The fraction of sp³-hybridized carbons (Fsp3) is 0.385. The normalized spacial score (nSPS) is 16.3. The summed E-state index contributed by atoms with van der Waals surface area (Å²) < 4.78 is 6.02. The summed E-state index contributed by atoms with van der Waals surface area (Å²) in [4.78, 5) is 14.1. The molecule has 0 saturated carbocycles. The third kappa shape index (κ3) is 4.50. The van der Waals surface area contributed by atoms with E-state index in [1.807, 2.05) is 31.2 Å². The van der Waals surface area contributed by atoms with Crippen molar-refractivity contribution in [2.75, 3.05) is 26.7 Å². The van der Waals surface area contributed by atoms with Gasteiger partial charge in [0.1, 0.15) is 12.4 Å². The predicted octanol–water partition coefficient (Wildman–Crippen LogP) is 3.84. The zero-order valence-electron chi connectivity index (χ0n) is 18.5. The Bertz CT molecular complexity index is 1070. The smallest absolute Gasteiger partial charge is 0.225 e. The molecule has 0 atom stereocenters. The van der Waals surface area contributed by atoms with Crippen LogP contribution in [0.2, 0.25) is 0 Å². The summed E-state index contributed by atoms with van der Waals surface area (Å²) in [6.07, 6.45) is 2.06. The Kier molecular flexibility index (Phi) is 6.11. The second-order valence-corrected chi connectivity index (χ2v) is 8.60. The number of fused-ring (bicyclic) bond motifs is 1. The number of benzene rings is 2. The van der Waals surface area contributed by atoms with Gasteiger partial charge in [-0.2, -0.15) is 5.26 Å². The standard InChI is InChI=1S/C26H29N3O2/c1-17-4-5-19(10-22(17)12-27)16-31-24-8-9-25-18(2)21(7-6-20(25)11-24)13-29-14-23(15-29)26(30)28-3/h4-5,8-11,23H,6-7,13-16H2,1-3H3,(H,28,30). The number of nitrogens with one attached hydrogen (secondary N) is 1. The maximum absolute atomic E-state index is 11.7. The molecule has 2 aromatic carbocycles. The van der Waals surface area contributed by atoms with Crippen molar-refractivity contribution in [1.82, 2.24) is 10.2 Å². The number of allylic oxidation sites excluding steroid dienone is 1. The first-order valence-electron chi connectivity index (χ1n) is 10.9. The van der Waals surface area contributed by atoms with Crippen LogP contribution in [0, 0.1) is 24.2 Å². The first-order chi connectivity index (χ1) is 15.0. The molecule has 1 amide bonds. The lowest BCUT2D eigenvalue weighted by atomic mass is 9.85. The molecular formula is C26H29N3O2. The van der Waals surface area contributed by atoms with E-state index in [1.54, 1.807) is 7.05 Å². The molecule has 4 rings (SSSR count). The molecule has 31 heavy (non-hydrogen) atoms. The molecule has 5 heteroatoms. The zero-order chi connectivity index (χ0) is 22.0. The highest BCUT2D eigenvalue weighted by molar-refractivity contribution is 5.79. The van der Waals surface area contributed by atoms with Crippen molar-refractivity contribution in [3.8, 4) is 11.8 Å². The second kappa shape index (κ2) is 8.95. The zero-order valence-corrected chi connectivity index (χ0v) is 18.5. The van der Waals surface area contributed by atoms with E-state index in [0.29, 0.717) is 12.2 Å². The molecule has 1 aliphatic heterocycles. The lowest BCUT2D eigenvalue weighted by Crippen LogP contribution is -2.53. The SMILES string of the molecule is CNC(=O)C1CN(CC2=C(C)c3ccc(OCc4ccc(C)c(C#N)c4)cc3CC2)C1. The lowest BCUT2D eigenvalue weighted by Gasteiger charge is -2.39. The fourth-order valence-corrected chi connectivity index (χ4v) is 4.48. The molecular weight excluding hydrogens is 386 g/mol. The fourth-order valence-electron chi connectivity index (χ4n) is 4.48. The Morgan fingerprint density at radius 3 is 2.74 bits per heavy atom. The number of aryl methyl sites for hydroxylation is 2. The Morgan fingerprint density at radius 1 is 1.19 bits per heavy atom. The third-order valence-corrected chi connectivity index (χ3v) is 6.52. The monoisotopic (exact) mass is 415 g/mol. The first kappa shape index (κ1) is 21.1.